The monoisotopic (exact) mass is 404 g/mol. The number of hydrogen-bond donors (Lipinski definition) is 0. The summed E-state index contributed by atoms with van der Waals surface area (Å²) >= 11 is 6.38. The molecule has 2 heterocycles. The van der Waals surface area contributed by atoms with Gasteiger partial charge in [0.25, 0.3) is 0 Å². The number of benzene rings is 2. The van der Waals surface area contributed by atoms with E-state index in [1.807, 2.05) is 24.3 Å². The molecule has 0 aromatic heterocycles. The molecule has 2 aliphatic rings. The Kier molecular flexibility index (Phi) is 5.30. The first-order chi connectivity index (χ1) is 13.0. The van der Waals surface area contributed by atoms with Crippen molar-refractivity contribution in [1.29, 1.82) is 0 Å². The van der Waals surface area contributed by atoms with Crippen molar-refractivity contribution in [1.82, 2.24) is 9.21 Å². The van der Waals surface area contributed by atoms with Crippen LogP contribution in [0.25, 0.3) is 0 Å². The van der Waals surface area contributed by atoms with Crippen LogP contribution in [-0.2, 0) is 16.6 Å². The Morgan fingerprint density at radius 1 is 0.926 bits per heavy atom. The molecule has 0 aliphatic carbocycles. The average Bonchev–Trinajstić information content (AvgIpc) is 3.05. The van der Waals surface area contributed by atoms with Crippen LogP contribution in [0.5, 0.6) is 0 Å². The Bertz CT molecular complexity index is 903. The summed E-state index contributed by atoms with van der Waals surface area (Å²) in [6.45, 7) is 2.93. The van der Waals surface area contributed by atoms with E-state index in [4.69, 9.17) is 11.6 Å². The third-order valence-electron chi connectivity index (χ3n) is 5.96. The molecule has 0 unspecified atom stereocenters. The first-order valence-electron chi connectivity index (χ1n) is 9.55. The molecule has 4 rings (SSSR count). The fourth-order valence-electron chi connectivity index (χ4n) is 4.55. The van der Waals surface area contributed by atoms with E-state index in [1.165, 1.54) is 0 Å². The van der Waals surface area contributed by atoms with Crippen molar-refractivity contribution < 1.29 is 8.42 Å². The molecule has 2 aromatic rings. The smallest absolute Gasteiger partial charge is 0.243 e. The van der Waals surface area contributed by atoms with Gasteiger partial charge in [-0.15, -0.1) is 0 Å². The van der Waals surface area contributed by atoms with Crippen LogP contribution in [0.15, 0.2) is 59.5 Å². The van der Waals surface area contributed by atoms with Gasteiger partial charge in [-0.25, -0.2) is 8.42 Å². The molecule has 0 bridgehead atoms. The zero-order valence-electron chi connectivity index (χ0n) is 15.4. The van der Waals surface area contributed by atoms with Gasteiger partial charge in [0.1, 0.15) is 0 Å². The van der Waals surface area contributed by atoms with Gasteiger partial charge in [0.2, 0.25) is 10.0 Å². The van der Waals surface area contributed by atoms with E-state index in [9.17, 15) is 8.42 Å². The topological polar surface area (TPSA) is 40.6 Å². The lowest BCUT2D eigenvalue weighted by Gasteiger charge is -2.45. The standard InChI is InChI=1S/C21H25ClN2O2S/c22-20-11-5-4-8-18(20)16-23-14-6-12-21(23)13-7-15-24(17-21)27(25,26)19-9-2-1-3-10-19/h1-5,8-11H,6-7,12-17H2/t21-/m1/s1. The second-order valence-electron chi connectivity index (χ2n) is 7.60. The maximum absolute atomic E-state index is 13.1. The number of likely N-dealkylation sites (tertiary alicyclic amines) is 1. The van der Waals surface area contributed by atoms with Crippen molar-refractivity contribution in [2.24, 2.45) is 0 Å². The van der Waals surface area contributed by atoms with E-state index in [-0.39, 0.29) is 5.54 Å². The van der Waals surface area contributed by atoms with Crippen molar-refractivity contribution in [3.8, 4) is 0 Å². The Balaban J connectivity index is 1.58. The summed E-state index contributed by atoms with van der Waals surface area (Å²) < 4.78 is 28.0. The summed E-state index contributed by atoms with van der Waals surface area (Å²) in [7, 11) is -3.45. The quantitative estimate of drug-likeness (QED) is 0.768. The second-order valence-corrected chi connectivity index (χ2v) is 9.94. The molecule has 2 saturated heterocycles. The van der Waals surface area contributed by atoms with E-state index in [2.05, 4.69) is 11.0 Å². The van der Waals surface area contributed by atoms with Crippen LogP contribution in [0.1, 0.15) is 31.2 Å². The minimum Gasteiger partial charge on any atom is -0.292 e. The minimum absolute atomic E-state index is 0.0841. The van der Waals surface area contributed by atoms with Gasteiger partial charge in [-0.1, -0.05) is 48.0 Å². The lowest BCUT2D eigenvalue weighted by atomic mass is 9.87. The summed E-state index contributed by atoms with van der Waals surface area (Å²) in [5.41, 5.74) is 1.03. The van der Waals surface area contributed by atoms with Crippen molar-refractivity contribution in [3.05, 3.63) is 65.2 Å². The molecule has 1 spiro atoms. The predicted octanol–water partition coefficient (Wildman–Crippen LogP) is 4.16. The molecule has 2 aliphatic heterocycles. The molecular weight excluding hydrogens is 380 g/mol. The Morgan fingerprint density at radius 3 is 2.33 bits per heavy atom. The molecule has 0 amide bonds. The Morgan fingerprint density at radius 2 is 1.59 bits per heavy atom. The van der Waals surface area contributed by atoms with E-state index in [0.717, 1.165) is 49.4 Å². The number of hydrogen-bond acceptors (Lipinski definition) is 3. The number of halogens is 1. The molecule has 2 fully saturated rings. The third-order valence-corrected chi connectivity index (χ3v) is 8.19. The summed E-state index contributed by atoms with van der Waals surface area (Å²) in [5, 5.41) is 0.782. The van der Waals surface area contributed by atoms with Gasteiger partial charge in [-0.3, -0.25) is 4.90 Å². The first-order valence-corrected chi connectivity index (χ1v) is 11.4. The van der Waals surface area contributed by atoms with E-state index >= 15 is 0 Å². The van der Waals surface area contributed by atoms with Crippen LogP contribution in [0.2, 0.25) is 5.02 Å². The van der Waals surface area contributed by atoms with Gasteiger partial charge >= 0.3 is 0 Å². The van der Waals surface area contributed by atoms with Crippen LogP contribution in [-0.4, -0.2) is 42.8 Å². The van der Waals surface area contributed by atoms with Crippen molar-refractivity contribution in [2.75, 3.05) is 19.6 Å². The largest absolute Gasteiger partial charge is 0.292 e. The fourth-order valence-corrected chi connectivity index (χ4v) is 6.33. The van der Waals surface area contributed by atoms with Gasteiger partial charge in [0.15, 0.2) is 0 Å². The first kappa shape index (κ1) is 18.9. The molecule has 1 atom stereocenters. The minimum atomic E-state index is -3.45. The average molecular weight is 405 g/mol. The molecule has 144 valence electrons. The Hall–Kier alpha value is -1.40. The third kappa shape index (κ3) is 3.66. The summed E-state index contributed by atoms with van der Waals surface area (Å²) in [6.07, 6.45) is 4.07. The van der Waals surface area contributed by atoms with Gasteiger partial charge in [-0.05, 0) is 56.0 Å². The fraction of sp³-hybridized carbons (Fsp3) is 0.429. The lowest BCUT2D eigenvalue weighted by molar-refractivity contribution is 0.0679. The van der Waals surface area contributed by atoms with E-state index in [1.54, 1.807) is 28.6 Å². The zero-order chi connectivity index (χ0) is 18.9. The van der Waals surface area contributed by atoms with E-state index in [0.29, 0.717) is 18.0 Å². The van der Waals surface area contributed by atoms with Crippen LogP contribution >= 0.6 is 11.6 Å². The highest BCUT2D eigenvalue weighted by Gasteiger charge is 2.46. The van der Waals surface area contributed by atoms with Gasteiger partial charge in [-0.2, -0.15) is 4.31 Å². The van der Waals surface area contributed by atoms with Crippen LogP contribution in [0, 0.1) is 0 Å². The number of nitrogens with zero attached hydrogens (tertiary/aromatic N) is 2. The highest BCUT2D eigenvalue weighted by molar-refractivity contribution is 7.89. The highest BCUT2D eigenvalue weighted by Crippen LogP contribution is 2.40. The Labute approximate surface area is 166 Å². The summed E-state index contributed by atoms with van der Waals surface area (Å²) in [5.74, 6) is 0. The lowest BCUT2D eigenvalue weighted by Crippen LogP contribution is -2.56. The molecule has 6 heteroatoms. The molecular formula is C21H25ClN2O2S. The molecule has 2 aromatic carbocycles. The van der Waals surface area contributed by atoms with Crippen molar-refractivity contribution in [3.63, 3.8) is 0 Å². The maximum atomic E-state index is 13.1. The zero-order valence-corrected chi connectivity index (χ0v) is 16.9. The van der Waals surface area contributed by atoms with E-state index < -0.39 is 10.0 Å². The molecule has 0 N–H and O–H groups in total. The second kappa shape index (κ2) is 7.55. The van der Waals surface area contributed by atoms with Crippen molar-refractivity contribution in [2.45, 2.75) is 42.7 Å². The summed E-state index contributed by atoms with van der Waals surface area (Å²) in [6, 6.07) is 16.7. The number of piperidine rings is 1. The highest BCUT2D eigenvalue weighted by atomic mass is 35.5. The van der Waals surface area contributed by atoms with Crippen LogP contribution in [0.4, 0.5) is 0 Å². The normalized spacial score (nSPS) is 24.5. The van der Waals surface area contributed by atoms with Crippen LogP contribution < -0.4 is 0 Å². The van der Waals surface area contributed by atoms with Gasteiger partial charge in [0, 0.05) is 30.2 Å². The molecule has 27 heavy (non-hydrogen) atoms. The maximum Gasteiger partial charge on any atom is 0.243 e. The van der Waals surface area contributed by atoms with Crippen LogP contribution in [0.3, 0.4) is 0 Å². The number of sulfonamides is 1. The summed E-state index contributed by atoms with van der Waals surface area (Å²) in [4.78, 5) is 2.85. The number of rotatable bonds is 4. The molecule has 4 nitrogen and oxygen atoms in total. The SMILES string of the molecule is O=S(=O)(c1ccccc1)N1CCC[C@]2(CCCN2Cc2ccccc2Cl)C1. The molecule has 0 radical (unpaired) electrons. The predicted molar refractivity (Wildman–Crippen MR) is 108 cm³/mol. The van der Waals surface area contributed by atoms with Crippen molar-refractivity contribution >= 4 is 21.6 Å². The molecule has 0 saturated carbocycles. The van der Waals surface area contributed by atoms with Gasteiger partial charge < -0.3 is 0 Å². The van der Waals surface area contributed by atoms with Gasteiger partial charge in [0.05, 0.1) is 4.90 Å².